The van der Waals surface area contributed by atoms with Crippen molar-refractivity contribution in [2.24, 2.45) is 11.8 Å². The van der Waals surface area contributed by atoms with Crippen molar-refractivity contribution < 1.29 is 23.9 Å². The van der Waals surface area contributed by atoms with E-state index < -0.39 is 51.3 Å². The number of rotatable bonds is 10. The zero-order valence-corrected chi connectivity index (χ0v) is 27.8. The number of hydrogen-bond acceptors (Lipinski definition) is 5. The van der Waals surface area contributed by atoms with Gasteiger partial charge in [0, 0.05) is 12.1 Å². The predicted molar refractivity (Wildman–Crippen MR) is 184 cm³/mol. The first-order valence-electron chi connectivity index (χ1n) is 16.3. The van der Waals surface area contributed by atoms with Crippen LogP contribution in [0.2, 0.25) is 0 Å². The third kappa shape index (κ3) is 4.94. The van der Waals surface area contributed by atoms with E-state index in [1.165, 1.54) is 0 Å². The van der Waals surface area contributed by atoms with Crippen molar-refractivity contribution in [2.45, 2.75) is 48.4 Å². The minimum atomic E-state index is -1.36. The van der Waals surface area contributed by atoms with E-state index in [2.05, 4.69) is 12.2 Å². The molecule has 9 heteroatoms. The van der Waals surface area contributed by atoms with E-state index in [9.17, 15) is 19.2 Å². The summed E-state index contributed by atoms with van der Waals surface area (Å²) in [4.78, 5) is 54.4. The molecule has 48 heavy (non-hydrogen) atoms. The van der Waals surface area contributed by atoms with Crippen molar-refractivity contribution in [1.82, 2.24) is 4.90 Å². The molecule has 0 unspecified atom stereocenters. The fourth-order valence-electron chi connectivity index (χ4n) is 7.65. The molecule has 4 aromatic rings. The molecule has 1 fully saturated rings. The number of imide groups is 1. The number of carbonyl (C=O) groups is 4. The van der Waals surface area contributed by atoms with Gasteiger partial charge in [0.15, 0.2) is 0 Å². The lowest BCUT2D eigenvalue weighted by Crippen LogP contribution is -2.57. The van der Waals surface area contributed by atoms with E-state index in [4.69, 9.17) is 27.9 Å². The number of carbonyl (C=O) groups excluding carboxylic acids is 4. The molecular formula is C39H34Cl2N2O5. The Bertz CT molecular complexity index is 1790. The first kappa shape index (κ1) is 32.1. The maximum Gasteiger partial charge on any atom is 0.338 e. The quantitative estimate of drug-likeness (QED) is 0.0829. The molecule has 7 nitrogen and oxygen atoms in total. The van der Waals surface area contributed by atoms with Gasteiger partial charge in [0.2, 0.25) is 17.7 Å². The normalized spacial score (nSPS) is 24.0. The number of benzene rings is 4. The SMILES string of the molecule is CCCCCOC(=O)c1ccc(NC(=O)[C@@H](Cc2ccccc2)N2C(=O)[C@@H]3[C@H](C2=O)C2(Cl)c4ccccc4C3(Cl)c3ccccc32)cc1. The molecule has 4 aromatic carbocycles. The van der Waals surface area contributed by atoms with Crippen LogP contribution in [-0.4, -0.2) is 41.2 Å². The van der Waals surface area contributed by atoms with Crippen LogP contribution in [0.1, 0.15) is 64.4 Å². The molecule has 8 rings (SSSR count). The van der Waals surface area contributed by atoms with Gasteiger partial charge in [0.05, 0.1) is 24.0 Å². The van der Waals surface area contributed by atoms with Crippen LogP contribution in [0.15, 0.2) is 103 Å². The largest absolute Gasteiger partial charge is 0.462 e. The Balaban J connectivity index is 1.23. The number of ether oxygens (including phenoxy) is 1. The minimum absolute atomic E-state index is 0.0796. The predicted octanol–water partition coefficient (Wildman–Crippen LogP) is 7.18. The Morgan fingerprint density at radius 3 is 1.75 bits per heavy atom. The molecule has 3 aliphatic carbocycles. The average Bonchev–Trinajstić information content (AvgIpc) is 3.39. The van der Waals surface area contributed by atoms with E-state index >= 15 is 0 Å². The number of nitrogens with zero attached hydrogens (tertiary/aromatic N) is 1. The maximum atomic E-state index is 14.7. The summed E-state index contributed by atoms with van der Waals surface area (Å²) in [7, 11) is 0. The second-order valence-electron chi connectivity index (χ2n) is 12.6. The van der Waals surface area contributed by atoms with Gasteiger partial charge in [-0.2, -0.15) is 0 Å². The fraction of sp³-hybridized carbons (Fsp3) is 0.282. The summed E-state index contributed by atoms with van der Waals surface area (Å²) in [5.74, 6) is -4.12. The first-order valence-corrected chi connectivity index (χ1v) is 17.0. The lowest BCUT2D eigenvalue weighted by atomic mass is 9.54. The molecule has 0 radical (unpaired) electrons. The average molecular weight is 682 g/mol. The molecule has 1 aliphatic heterocycles. The highest BCUT2D eigenvalue weighted by molar-refractivity contribution is 6.36. The van der Waals surface area contributed by atoms with Crippen molar-refractivity contribution in [1.29, 1.82) is 0 Å². The van der Waals surface area contributed by atoms with Crippen LogP contribution in [0.5, 0.6) is 0 Å². The van der Waals surface area contributed by atoms with Gasteiger partial charge in [-0.05, 0) is 58.5 Å². The Kier molecular flexibility index (Phi) is 8.38. The molecule has 1 saturated heterocycles. The molecule has 1 N–H and O–H groups in total. The maximum absolute atomic E-state index is 14.7. The van der Waals surface area contributed by atoms with Gasteiger partial charge in [-0.25, -0.2) is 4.79 Å². The van der Waals surface area contributed by atoms with Gasteiger partial charge >= 0.3 is 5.97 Å². The lowest BCUT2D eigenvalue weighted by molar-refractivity contribution is -0.146. The Morgan fingerprint density at radius 2 is 1.25 bits per heavy atom. The number of hydrogen-bond donors (Lipinski definition) is 1. The van der Waals surface area contributed by atoms with Gasteiger partial charge in [0.25, 0.3) is 0 Å². The second kappa shape index (κ2) is 12.5. The second-order valence-corrected chi connectivity index (χ2v) is 13.8. The van der Waals surface area contributed by atoms with E-state index in [1.807, 2.05) is 78.9 Å². The topological polar surface area (TPSA) is 92.8 Å². The van der Waals surface area contributed by atoms with Gasteiger partial charge in [-0.15, -0.1) is 23.2 Å². The van der Waals surface area contributed by atoms with Crippen molar-refractivity contribution in [3.63, 3.8) is 0 Å². The molecule has 244 valence electrons. The monoisotopic (exact) mass is 680 g/mol. The van der Waals surface area contributed by atoms with E-state index in [-0.39, 0.29) is 6.42 Å². The van der Waals surface area contributed by atoms with Crippen LogP contribution in [-0.2, 0) is 35.3 Å². The van der Waals surface area contributed by atoms with Gasteiger partial charge < -0.3 is 10.1 Å². The number of esters is 1. The molecule has 2 bridgehead atoms. The third-order valence-electron chi connectivity index (χ3n) is 9.87. The van der Waals surface area contributed by atoms with Crippen molar-refractivity contribution in [3.05, 3.63) is 137 Å². The molecule has 4 aliphatic rings. The zero-order chi connectivity index (χ0) is 33.6. The molecule has 3 amide bonds. The molecule has 1 heterocycles. The summed E-state index contributed by atoms with van der Waals surface area (Å²) >= 11 is 15.2. The van der Waals surface area contributed by atoms with E-state index in [1.54, 1.807) is 24.3 Å². The standard InChI is InChI=1S/C39H34Cl2N2O5/c1-2-3-11-22-48-37(47)25-18-20-26(21-19-25)42-34(44)31(23-24-12-5-4-6-13-24)43-35(45)32-33(36(43)46)39(41)28-15-8-7-14-27(28)38(32,40)29-16-9-10-17-30(29)39/h4-10,12-21,31-33H,2-3,11,22-23H2,1H3,(H,42,44)/t31-,32-,33+,38?,39?/m1/s1. The van der Waals surface area contributed by atoms with Crippen molar-refractivity contribution in [3.8, 4) is 0 Å². The number of alkyl halides is 2. The smallest absolute Gasteiger partial charge is 0.338 e. The van der Waals surface area contributed by atoms with Crippen LogP contribution in [0.25, 0.3) is 0 Å². The third-order valence-corrected chi connectivity index (χ3v) is 11.2. The Morgan fingerprint density at radius 1 is 0.750 bits per heavy atom. The Labute approximate surface area is 289 Å². The summed E-state index contributed by atoms with van der Waals surface area (Å²) in [6.07, 6.45) is 2.87. The number of halogens is 2. The first-order chi connectivity index (χ1) is 23.2. The van der Waals surface area contributed by atoms with Crippen LogP contribution in [0, 0.1) is 11.8 Å². The molecule has 0 saturated carbocycles. The van der Waals surface area contributed by atoms with E-state index in [0.717, 1.165) is 29.7 Å². The molecular weight excluding hydrogens is 647 g/mol. The van der Waals surface area contributed by atoms with Gasteiger partial charge in [-0.3, -0.25) is 19.3 Å². The van der Waals surface area contributed by atoms with Crippen LogP contribution in [0.3, 0.4) is 0 Å². The van der Waals surface area contributed by atoms with Crippen LogP contribution < -0.4 is 5.32 Å². The van der Waals surface area contributed by atoms with E-state index in [0.29, 0.717) is 40.1 Å². The summed E-state index contributed by atoms with van der Waals surface area (Å²) < 4.78 is 5.35. The Hall–Kier alpha value is -4.46. The molecule has 0 spiro atoms. The minimum Gasteiger partial charge on any atom is -0.462 e. The number of likely N-dealkylation sites (tertiary alicyclic amines) is 1. The number of nitrogens with one attached hydrogen (secondary N) is 1. The summed E-state index contributed by atoms with van der Waals surface area (Å²) in [6, 6.07) is 29.2. The summed E-state index contributed by atoms with van der Waals surface area (Å²) in [6.45, 7) is 2.42. The summed E-state index contributed by atoms with van der Waals surface area (Å²) in [5, 5.41) is 2.88. The number of anilines is 1. The molecule has 3 atom stereocenters. The van der Waals surface area contributed by atoms with Gasteiger partial charge in [-0.1, -0.05) is 98.6 Å². The number of unbranched alkanes of at least 4 members (excludes halogenated alkanes) is 2. The highest BCUT2D eigenvalue weighted by atomic mass is 35.5. The lowest BCUT2D eigenvalue weighted by Gasteiger charge is -2.54. The van der Waals surface area contributed by atoms with Crippen LogP contribution in [0.4, 0.5) is 5.69 Å². The fourth-order valence-corrected chi connectivity index (χ4v) is 8.75. The van der Waals surface area contributed by atoms with Crippen molar-refractivity contribution >= 4 is 52.6 Å². The summed E-state index contributed by atoms with van der Waals surface area (Å²) in [5.41, 5.74) is 4.30. The number of amides is 3. The zero-order valence-electron chi connectivity index (χ0n) is 26.3. The highest BCUT2D eigenvalue weighted by Crippen LogP contribution is 2.69. The van der Waals surface area contributed by atoms with Crippen molar-refractivity contribution in [2.75, 3.05) is 11.9 Å². The molecule has 0 aromatic heterocycles. The highest BCUT2D eigenvalue weighted by Gasteiger charge is 2.73. The van der Waals surface area contributed by atoms with Gasteiger partial charge in [0.1, 0.15) is 15.8 Å². The van der Waals surface area contributed by atoms with Crippen LogP contribution >= 0.6 is 23.2 Å².